The summed E-state index contributed by atoms with van der Waals surface area (Å²) in [6, 6.07) is 7.47. The van der Waals surface area contributed by atoms with Gasteiger partial charge in [0, 0.05) is 18.3 Å². The molecule has 1 aliphatic heterocycles. The Morgan fingerprint density at radius 1 is 1.36 bits per heavy atom. The molecular weight excluding hydrogens is 384 g/mol. The number of methoxy groups -OCH3 is 1. The van der Waals surface area contributed by atoms with E-state index >= 15 is 0 Å². The van der Waals surface area contributed by atoms with Crippen LogP contribution in [0.1, 0.15) is 22.6 Å². The summed E-state index contributed by atoms with van der Waals surface area (Å²) in [4.78, 5) is 22.4. The highest BCUT2D eigenvalue weighted by molar-refractivity contribution is 6.30. The van der Waals surface area contributed by atoms with Crippen LogP contribution in [0.5, 0.6) is 5.75 Å². The van der Waals surface area contributed by atoms with Crippen LogP contribution in [0.15, 0.2) is 24.3 Å². The summed E-state index contributed by atoms with van der Waals surface area (Å²) >= 11 is 5.97. The molecule has 1 aliphatic rings. The van der Waals surface area contributed by atoms with E-state index in [2.05, 4.69) is 20.2 Å². The Morgan fingerprint density at radius 2 is 2.07 bits per heavy atom. The Kier molecular flexibility index (Phi) is 6.33. The lowest BCUT2D eigenvalue weighted by Crippen LogP contribution is -2.30. The number of aliphatic hydroxyl groups excluding tert-OH is 1. The van der Waals surface area contributed by atoms with E-state index in [-0.39, 0.29) is 28.8 Å². The fourth-order valence-corrected chi connectivity index (χ4v) is 3.16. The summed E-state index contributed by atoms with van der Waals surface area (Å²) in [6.07, 6.45) is 0.416. The molecule has 150 valence electrons. The number of esters is 1. The van der Waals surface area contributed by atoms with Gasteiger partial charge < -0.3 is 19.9 Å². The minimum atomic E-state index is -0.625. The van der Waals surface area contributed by atoms with Crippen LogP contribution in [-0.4, -0.2) is 65.4 Å². The number of halogens is 1. The second-order valence-corrected chi connectivity index (χ2v) is 7.09. The van der Waals surface area contributed by atoms with E-state index in [1.54, 1.807) is 6.92 Å². The van der Waals surface area contributed by atoms with Crippen LogP contribution in [0, 0.1) is 6.92 Å². The zero-order valence-corrected chi connectivity index (χ0v) is 16.7. The van der Waals surface area contributed by atoms with Gasteiger partial charge in [0.05, 0.1) is 18.9 Å². The van der Waals surface area contributed by atoms with Crippen LogP contribution in [0.3, 0.4) is 0 Å². The fourth-order valence-electron chi connectivity index (χ4n) is 3.03. The standard InChI is InChI=1S/C19H23ClN4O4/c1-11-17(20)23-16(19(26)27-3)18(21-11)22-12-4-6-15(7-5-12)28-10-13-8-14(25)9-24(13)2/h4-7,13-14,25H,8-10H2,1-3H3,(H,21,22)/t13-,14+/m1/s1. The van der Waals surface area contributed by atoms with Crippen molar-refractivity contribution in [2.75, 3.05) is 32.6 Å². The Bertz CT molecular complexity index is 847. The monoisotopic (exact) mass is 406 g/mol. The number of rotatable bonds is 6. The van der Waals surface area contributed by atoms with E-state index in [4.69, 9.17) is 21.1 Å². The molecule has 2 heterocycles. The third-order valence-corrected chi connectivity index (χ3v) is 4.97. The molecule has 2 aromatic rings. The first kappa shape index (κ1) is 20.3. The third kappa shape index (κ3) is 4.70. The largest absolute Gasteiger partial charge is 0.492 e. The molecule has 1 aromatic carbocycles. The lowest BCUT2D eigenvalue weighted by molar-refractivity contribution is 0.0595. The number of likely N-dealkylation sites (tertiary alicyclic amines) is 1. The molecule has 1 saturated heterocycles. The first-order valence-corrected chi connectivity index (χ1v) is 9.25. The highest BCUT2D eigenvalue weighted by atomic mass is 35.5. The molecule has 0 saturated carbocycles. The van der Waals surface area contributed by atoms with Gasteiger partial charge >= 0.3 is 5.97 Å². The molecule has 9 heteroatoms. The Hall–Kier alpha value is -2.42. The number of hydrogen-bond donors (Lipinski definition) is 2. The first-order valence-electron chi connectivity index (χ1n) is 8.88. The minimum Gasteiger partial charge on any atom is -0.492 e. The van der Waals surface area contributed by atoms with E-state index in [1.807, 2.05) is 31.3 Å². The fraction of sp³-hybridized carbons (Fsp3) is 0.421. The zero-order valence-electron chi connectivity index (χ0n) is 16.0. The second kappa shape index (κ2) is 8.72. The third-order valence-electron chi connectivity index (χ3n) is 4.62. The quantitative estimate of drug-likeness (QED) is 0.706. The number of carbonyl (C=O) groups is 1. The number of aromatic nitrogens is 2. The van der Waals surface area contributed by atoms with Gasteiger partial charge in [0.1, 0.15) is 12.4 Å². The number of aliphatic hydroxyl groups is 1. The molecule has 0 unspecified atom stereocenters. The molecule has 0 bridgehead atoms. The van der Waals surface area contributed by atoms with E-state index in [9.17, 15) is 9.90 Å². The summed E-state index contributed by atoms with van der Waals surface area (Å²) in [5.41, 5.74) is 1.22. The number of β-amino-alcohol motifs (C(OH)–C–C–N with tert-alkyl or cyclic N) is 1. The van der Waals surface area contributed by atoms with Crippen molar-refractivity contribution >= 4 is 29.1 Å². The van der Waals surface area contributed by atoms with Gasteiger partial charge in [-0.05, 0) is 44.7 Å². The van der Waals surface area contributed by atoms with Crippen LogP contribution >= 0.6 is 11.6 Å². The predicted molar refractivity (Wildman–Crippen MR) is 105 cm³/mol. The van der Waals surface area contributed by atoms with Crippen molar-refractivity contribution in [1.29, 1.82) is 0 Å². The van der Waals surface area contributed by atoms with Crippen LogP contribution < -0.4 is 10.1 Å². The van der Waals surface area contributed by atoms with Crippen LogP contribution in [-0.2, 0) is 4.74 Å². The normalized spacial score (nSPS) is 19.5. The lowest BCUT2D eigenvalue weighted by atomic mass is 10.2. The molecule has 1 fully saturated rings. The van der Waals surface area contributed by atoms with Crippen LogP contribution in [0.25, 0.3) is 0 Å². The summed E-state index contributed by atoms with van der Waals surface area (Å²) < 4.78 is 10.6. The van der Waals surface area contributed by atoms with Crippen LogP contribution in [0.4, 0.5) is 11.5 Å². The molecule has 0 radical (unpaired) electrons. The van der Waals surface area contributed by atoms with E-state index in [1.165, 1.54) is 7.11 Å². The average molecular weight is 407 g/mol. The lowest BCUT2D eigenvalue weighted by Gasteiger charge is -2.19. The molecule has 8 nitrogen and oxygen atoms in total. The molecule has 3 rings (SSSR count). The smallest absolute Gasteiger partial charge is 0.360 e. The Morgan fingerprint density at radius 3 is 2.68 bits per heavy atom. The highest BCUT2D eigenvalue weighted by Gasteiger charge is 2.28. The maximum Gasteiger partial charge on any atom is 0.360 e. The van der Waals surface area contributed by atoms with Crippen molar-refractivity contribution in [1.82, 2.24) is 14.9 Å². The molecule has 28 heavy (non-hydrogen) atoms. The number of nitrogens with zero attached hydrogens (tertiary/aromatic N) is 3. The average Bonchev–Trinajstić information content (AvgIpc) is 3.00. The number of nitrogens with one attached hydrogen (secondary N) is 1. The highest BCUT2D eigenvalue weighted by Crippen LogP contribution is 2.24. The van der Waals surface area contributed by atoms with Crippen molar-refractivity contribution in [2.24, 2.45) is 0 Å². The number of hydrogen-bond acceptors (Lipinski definition) is 8. The van der Waals surface area contributed by atoms with E-state index in [0.717, 1.165) is 0 Å². The number of aryl methyl sites for hydroxylation is 1. The molecule has 0 spiro atoms. The van der Waals surface area contributed by atoms with Gasteiger partial charge in [-0.1, -0.05) is 11.6 Å². The van der Waals surface area contributed by atoms with E-state index in [0.29, 0.717) is 36.7 Å². The number of anilines is 2. The first-order chi connectivity index (χ1) is 13.4. The SMILES string of the molecule is COC(=O)c1nc(Cl)c(C)nc1Nc1ccc(OC[C@H]2C[C@H](O)CN2C)cc1. The maximum absolute atomic E-state index is 11.9. The molecule has 2 atom stereocenters. The summed E-state index contributed by atoms with van der Waals surface area (Å²) in [5.74, 6) is 0.357. The van der Waals surface area contributed by atoms with Gasteiger partial charge in [0.25, 0.3) is 0 Å². The summed E-state index contributed by atoms with van der Waals surface area (Å²) in [6.45, 7) is 2.88. The zero-order chi connectivity index (χ0) is 20.3. The number of likely N-dealkylation sites (N-methyl/N-ethyl adjacent to an activating group) is 1. The molecule has 2 N–H and O–H groups in total. The van der Waals surface area contributed by atoms with Crippen LogP contribution in [0.2, 0.25) is 5.15 Å². The topological polar surface area (TPSA) is 96.8 Å². The van der Waals surface area contributed by atoms with Gasteiger partial charge in [0.15, 0.2) is 16.7 Å². The summed E-state index contributed by atoms with van der Waals surface area (Å²) in [7, 11) is 3.25. The van der Waals surface area contributed by atoms with Gasteiger partial charge in [-0.15, -0.1) is 0 Å². The number of ether oxygens (including phenoxy) is 2. The Labute approximate surface area is 168 Å². The van der Waals surface area contributed by atoms with Crippen molar-refractivity contribution in [3.8, 4) is 5.75 Å². The maximum atomic E-state index is 11.9. The van der Waals surface area contributed by atoms with Crippen molar-refractivity contribution in [3.05, 3.63) is 40.8 Å². The molecule has 1 aromatic heterocycles. The minimum absolute atomic E-state index is 0.0151. The number of carbonyl (C=O) groups excluding carboxylic acids is 1. The molecule has 0 amide bonds. The van der Waals surface area contributed by atoms with Crippen molar-refractivity contribution in [3.63, 3.8) is 0 Å². The molecular formula is C19H23ClN4O4. The second-order valence-electron chi connectivity index (χ2n) is 6.73. The summed E-state index contributed by atoms with van der Waals surface area (Å²) in [5, 5.41) is 12.9. The molecule has 0 aliphatic carbocycles. The van der Waals surface area contributed by atoms with Gasteiger partial charge in [0.2, 0.25) is 0 Å². The van der Waals surface area contributed by atoms with Gasteiger partial charge in [-0.2, -0.15) is 0 Å². The van der Waals surface area contributed by atoms with Gasteiger partial charge in [-0.3, -0.25) is 4.90 Å². The predicted octanol–water partition coefficient (Wildman–Crippen LogP) is 2.41. The van der Waals surface area contributed by atoms with Gasteiger partial charge in [-0.25, -0.2) is 14.8 Å². The number of benzene rings is 1. The van der Waals surface area contributed by atoms with Crippen molar-refractivity contribution < 1.29 is 19.4 Å². The van der Waals surface area contributed by atoms with E-state index < -0.39 is 5.97 Å². The van der Waals surface area contributed by atoms with Crippen molar-refractivity contribution in [2.45, 2.75) is 25.5 Å². The Balaban J connectivity index is 1.67.